The minimum Gasteiger partial charge on any atom is -0.463 e. The maximum Gasteiger partial charge on any atom is 0.311 e. The SMILES string of the molecule is C1=CC2C3CCC(C3)C2C1.CCC(C)(CCC(C)(C)C(=O)OCCO)C(=O)OCCOC. The third-order valence-corrected chi connectivity index (χ3v) is 7.90. The number of esters is 2. The number of methoxy groups -OCH3 is 1. The van der Waals surface area contributed by atoms with Crippen LogP contribution in [-0.4, -0.2) is 50.6 Å². The van der Waals surface area contributed by atoms with Gasteiger partial charge in [0.2, 0.25) is 0 Å². The van der Waals surface area contributed by atoms with E-state index in [1.807, 2.05) is 13.8 Å². The van der Waals surface area contributed by atoms with Gasteiger partial charge in [-0.25, -0.2) is 0 Å². The summed E-state index contributed by atoms with van der Waals surface area (Å²) in [7, 11) is 1.55. The topological polar surface area (TPSA) is 82.1 Å². The Morgan fingerprint density at radius 3 is 2.31 bits per heavy atom. The van der Waals surface area contributed by atoms with Crippen molar-refractivity contribution in [1.29, 1.82) is 0 Å². The monoisotopic (exact) mass is 452 g/mol. The van der Waals surface area contributed by atoms with Crippen LogP contribution < -0.4 is 0 Å². The highest BCUT2D eigenvalue weighted by Gasteiger charge is 2.47. The maximum atomic E-state index is 12.2. The van der Waals surface area contributed by atoms with E-state index in [-0.39, 0.29) is 31.8 Å². The van der Waals surface area contributed by atoms with E-state index in [0.717, 1.165) is 23.7 Å². The number of carbonyl (C=O) groups is 2. The minimum absolute atomic E-state index is 0.00757. The van der Waals surface area contributed by atoms with Crippen LogP contribution in [0.5, 0.6) is 0 Å². The van der Waals surface area contributed by atoms with Crippen LogP contribution in [-0.2, 0) is 23.8 Å². The summed E-state index contributed by atoms with van der Waals surface area (Å²) in [6, 6.07) is 0. The second kappa shape index (κ2) is 12.2. The summed E-state index contributed by atoms with van der Waals surface area (Å²) < 4.78 is 15.1. The largest absolute Gasteiger partial charge is 0.463 e. The summed E-state index contributed by atoms with van der Waals surface area (Å²) in [5.74, 6) is 3.72. The third-order valence-electron chi connectivity index (χ3n) is 7.90. The van der Waals surface area contributed by atoms with Crippen LogP contribution in [0, 0.1) is 34.5 Å². The molecule has 2 bridgehead atoms. The average Bonchev–Trinajstić information content (AvgIpc) is 3.51. The number of hydrogen-bond donors (Lipinski definition) is 1. The zero-order valence-corrected chi connectivity index (χ0v) is 20.7. The predicted molar refractivity (Wildman–Crippen MR) is 124 cm³/mol. The smallest absolute Gasteiger partial charge is 0.311 e. The highest BCUT2D eigenvalue weighted by Crippen LogP contribution is 2.56. The first kappa shape index (κ1) is 26.8. The van der Waals surface area contributed by atoms with Gasteiger partial charge in [0.15, 0.2) is 0 Å². The van der Waals surface area contributed by atoms with Crippen molar-refractivity contribution < 1.29 is 28.9 Å². The van der Waals surface area contributed by atoms with Crippen molar-refractivity contribution >= 4 is 11.9 Å². The molecule has 32 heavy (non-hydrogen) atoms. The lowest BCUT2D eigenvalue weighted by Gasteiger charge is -2.30. The van der Waals surface area contributed by atoms with E-state index in [1.165, 1.54) is 12.8 Å². The fourth-order valence-electron chi connectivity index (χ4n) is 5.34. The Hall–Kier alpha value is -1.40. The summed E-state index contributed by atoms with van der Waals surface area (Å²) in [5, 5.41) is 8.71. The normalized spacial score (nSPS) is 27.3. The molecule has 5 unspecified atom stereocenters. The summed E-state index contributed by atoms with van der Waals surface area (Å²) in [4.78, 5) is 24.1. The van der Waals surface area contributed by atoms with E-state index in [0.29, 0.717) is 25.9 Å². The Balaban J connectivity index is 0.000000291. The number of aliphatic hydroxyl groups excluding tert-OH is 1. The predicted octanol–water partition coefficient (Wildman–Crippen LogP) is 4.54. The van der Waals surface area contributed by atoms with Crippen molar-refractivity contribution in [3.05, 3.63) is 12.2 Å². The van der Waals surface area contributed by atoms with Crippen molar-refractivity contribution in [2.24, 2.45) is 34.5 Å². The molecule has 0 amide bonds. The lowest BCUT2D eigenvalue weighted by atomic mass is 9.76. The Kier molecular flexibility index (Phi) is 10.2. The molecular weight excluding hydrogens is 408 g/mol. The summed E-state index contributed by atoms with van der Waals surface area (Å²) >= 11 is 0. The Bertz CT molecular complexity index is 642. The molecule has 6 nitrogen and oxygen atoms in total. The molecule has 3 rings (SSSR count). The zero-order valence-electron chi connectivity index (χ0n) is 20.7. The highest BCUT2D eigenvalue weighted by atomic mass is 16.6. The molecule has 0 aromatic heterocycles. The van der Waals surface area contributed by atoms with Gasteiger partial charge in [-0.3, -0.25) is 9.59 Å². The van der Waals surface area contributed by atoms with Gasteiger partial charge in [0, 0.05) is 7.11 Å². The Morgan fingerprint density at radius 2 is 1.69 bits per heavy atom. The van der Waals surface area contributed by atoms with Crippen LogP contribution >= 0.6 is 0 Å². The number of aliphatic hydroxyl groups is 1. The molecule has 0 heterocycles. The van der Waals surface area contributed by atoms with Gasteiger partial charge >= 0.3 is 11.9 Å². The summed E-state index contributed by atoms with van der Waals surface area (Å²) in [6.07, 6.45) is 12.6. The van der Waals surface area contributed by atoms with Crippen LogP contribution in [0.25, 0.3) is 0 Å². The average molecular weight is 453 g/mol. The molecule has 6 heteroatoms. The van der Waals surface area contributed by atoms with Crippen LogP contribution in [0.1, 0.15) is 72.6 Å². The zero-order chi connectivity index (χ0) is 23.8. The van der Waals surface area contributed by atoms with Crippen LogP contribution in [0.15, 0.2) is 12.2 Å². The molecule has 0 aliphatic heterocycles. The molecule has 2 fully saturated rings. The molecule has 0 saturated heterocycles. The first-order valence-corrected chi connectivity index (χ1v) is 12.3. The summed E-state index contributed by atoms with van der Waals surface area (Å²) in [5.41, 5.74) is -1.35. The molecule has 0 aromatic carbocycles. The van der Waals surface area contributed by atoms with Crippen LogP contribution in [0.3, 0.4) is 0 Å². The molecule has 2 saturated carbocycles. The molecule has 3 aliphatic carbocycles. The first-order valence-electron chi connectivity index (χ1n) is 12.3. The number of rotatable bonds is 11. The van der Waals surface area contributed by atoms with Gasteiger partial charge in [-0.15, -0.1) is 0 Å². The van der Waals surface area contributed by atoms with Gasteiger partial charge in [0.1, 0.15) is 13.2 Å². The number of fused-ring (bicyclic) bond motifs is 5. The van der Waals surface area contributed by atoms with Gasteiger partial charge < -0.3 is 19.3 Å². The number of allylic oxidation sites excluding steroid dienone is 2. The molecular formula is C26H44O6. The van der Waals surface area contributed by atoms with E-state index in [1.54, 1.807) is 33.8 Å². The molecule has 0 spiro atoms. The minimum atomic E-state index is -0.710. The van der Waals surface area contributed by atoms with Crippen LogP contribution in [0.4, 0.5) is 0 Å². The first-order chi connectivity index (χ1) is 15.2. The number of carbonyl (C=O) groups excluding carboxylic acids is 2. The molecule has 184 valence electrons. The van der Waals surface area contributed by atoms with Crippen molar-refractivity contribution in [2.75, 3.05) is 33.5 Å². The van der Waals surface area contributed by atoms with Gasteiger partial charge in [-0.2, -0.15) is 0 Å². The maximum absolute atomic E-state index is 12.2. The highest BCUT2D eigenvalue weighted by molar-refractivity contribution is 5.77. The Labute approximate surface area is 194 Å². The van der Waals surface area contributed by atoms with E-state index in [4.69, 9.17) is 19.3 Å². The lowest BCUT2D eigenvalue weighted by molar-refractivity contribution is -0.160. The molecule has 3 aliphatic rings. The van der Waals surface area contributed by atoms with E-state index < -0.39 is 10.8 Å². The van der Waals surface area contributed by atoms with Gasteiger partial charge in [0.05, 0.1) is 24.0 Å². The fraction of sp³-hybridized carbons (Fsp3) is 0.846. The van der Waals surface area contributed by atoms with Crippen molar-refractivity contribution in [1.82, 2.24) is 0 Å². The lowest BCUT2D eigenvalue weighted by Crippen LogP contribution is -2.34. The summed E-state index contributed by atoms with van der Waals surface area (Å²) in [6.45, 7) is 7.72. The van der Waals surface area contributed by atoms with E-state index in [2.05, 4.69) is 12.2 Å². The van der Waals surface area contributed by atoms with Crippen LogP contribution in [0.2, 0.25) is 0 Å². The molecule has 5 atom stereocenters. The van der Waals surface area contributed by atoms with Gasteiger partial charge in [0.25, 0.3) is 0 Å². The third kappa shape index (κ3) is 6.80. The van der Waals surface area contributed by atoms with Crippen molar-refractivity contribution in [3.8, 4) is 0 Å². The number of hydrogen-bond acceptors (Lipinski definition) is 6. The van der Waals surface area contributed by atoms with E-state index in [9.17, 15) is 9.59 Å². The fourth-order valence-corrected chi connectivity index (χ4v) is 5.34. The number of ether oxygens (including phenoxy) is 3. The second-order valence-electron chi connectivity index (χ2n) is 10.5. The van der Waals surface area contributed by atoms with Crippen molar-refractivity contribution in [3.63, 3.8) is 0 Å². The Morgan fingerprint density at radius 1 is 1.00 bits per heavy atom. The quantitative estimate of drug-likeness (QED) is 0.281. The van der Waals surface area contributed by atoms with E-state index >= 15 is 0 Å². The standard InChI is InChI=1S/C16H30O6.C10H14/c1-6-16(4,14(19)22-12-11-20-5)8-7-15(2,3)13(18)21-10-9-17;1-2-9-7-4-5-8(6-7)10(9)3-1/h17H,6-12H2,1-5H3;1-2,7-10H,3-6H2. The van der Waals surface area contributed by atoms with Crippen molar-refractivity contribution in [2.45, 2.75) is 72.6 Å². The molecule has 0 aromatic rings. The van der Waals surface area contributed by atoms with Gasteiger partial charge in [-0.1, -0.05) is 19.1 Å². The molecule has 0 radical (unpaired) electrons. The molecule has 1 N–H and O–H groups in total. The van der Waals surface area contributed by atoms with Gasteiger partial charge in [-0.05, 0) is 89.4 Å². The second-order valence-corrected chi connectivity index (χ2v) is 10.5.